The molecule has 104 valence electrons. The fourth-order valence-electron chi connectivity index (χ4n) is 2.19. The van der Waals surface area contributed by atoms with Crippen molar-refractivity contribution in [3.8, 4) is 0 Å². The van der Waals surface area contributed by atoms with Crippen molar-refractivity contribution in [1.29, 1.82) is 0 Å². The zero-order valence-electron chi connectivity index (χ0n) is 10.7. The van der Waals surface area contributed by atoms with Crippen LogP contribution in [0.25, 0.3) is 0 Å². The summed E-state index contributed by atoms with van der Waals surface area (Å²) in [7, 11) is -3.56. The molecule has 6 heteroatoms. The average molecular weight is 283 g/mol. The molecule has 1 unspecified atom stereocenters. The summed E-state index contributed by atoms with van der Waals surface area (Å²) in [6.07, 6.45) is 1.23. The van der Waals surface area contributed by atoms with E-state index >= 15 is 0 Å². The largest absolute Gasteiger partial charge is 0.481 e. The van der Waals surface area contributed by atoms with Crippen LogP contribution in [-0.4, -0.2) is 36.9 Å². The van der Waals surface area contributed by atoms with Gasteiger partial charge in [-0.05, 0) is 30.5 Å². The third kappa shape index (κ3) is 2.79. The molecule has 1 aromatic carbocycles. The van der Waals surface area contributed by atoms with Crippen LogP contribution in [0.3, 0.4) is 0 Å². The topological polar surface area (TPSA) is 74.7 Å². The van der Waals surface area contributed by atoms with Crippen molar-refractivity contribution >= 4 is 16.0 Å². The van der Waals surface area contributed by atoms with Crippen LogP contribution in [0.5, 0.6) is 0 Å². The Hall–Kier alpha value is -1.40. The van der Waals surface area contributed by atoms with Gasteiger partial charge in [-0.1, -0.05) is 19.1 Å². The lowest BCUT2D eigenvalue weighted by molar-refractivity contribution is -0.141. The van der Waals surface area contributed by atoms with Gasteiger partial charge in [0.15, 0.2) is 0 Å². The van der Waals surface area contributed by atoms with E-state index in [-0.39, 0.29) is 18.0 Å². The lowest BCUT2D eigenvalue weighted by atomic mass is 10.1. The first-order chi connectivity index (χ1) is 8.95. The minimum Gasteiger partial charge on any atom is -0.481 e. The molecule has 1 aliphatic rings. The SMILES string of the molecule is CCc1ccc(S(=O)(=O)N2CCC(C(=O)O)C2)cc1. The minimum absolute atomic E-state index is 0.0627. The fourth-order valence-corrected chi connectivity index (χ4v) is 3.69. The lowest BCUT2D eigenvalue weighted by Crippen LogP contribution is -2.30. The summed E-state index contributed by atoms with van der Waals surface area (Å²) < 4.78 is 25.9. The normalized spacial score (nSPS) is 20.6. The molecule has 19 heavy (non-hydrogen) atoms. The lowest BCUT2D eigenvalue weighted by Gasteiger charge is -2.16. The molecule has 0 bridgehead atoms. The molecule has 0 amide bonds. The summed E-state index contributed by atoms with van der Waals surface area (Å²) in [5.74, 6) is -1.52. The van der Waals surface area contributed by atoms with E-state index in [1.807, 2.05) is 6.92 Å². The van der Waals surface area contributed by atoms with Crippen molar-refractivity contribution in [2.24, 2.45) is 5.92 Å². The van der Waals surface area contributed by atoms with Gasteiger partial charge in [0.05, 0.1) is 10.8 Å². The first-order valence-corrected chi connectivity index (χ1v) is 7.71. The van der Waals surface area contributed by atoms with E-state index in [0.29, 0.717) is 6.42 Å². The standard InChI is InChI=1S/C13H17NO4S/c1-2-10-3-5-12(6-4-10)19(17,18)14-8-7-11(9-14)13(15)16/h3-6,11H,2,7-9H2,1H3,(H,15,16). The van der Waals surface area contributed by atoms with E-state index in [0.717, 1.165) is 12.0 Å². The molecular weight excluding hydrogens is 266 g/mol. The third-order valence-corrected chi connectivity index (χ3v) is 5.35. The van der Waals surface area contributed by atoms with Gasteiger partial charge < -0.3 is 5.11 Å². The smallest absolute Gasteiger partial charge is 0.307 e. The summed E-state index contributed by atoms with van der Waals surface area (Å²) >= 11 is 0. The summed E-state index contributed by atoms with van der Waals surface area (Å²) in [6.45, 7) is 2.34. The molecule has 0 aliphatic carbocycles. The maximum Gasteiger partial charge on any atom is 0.307 e. The molecule has 0 aromatic heterocycles. The molecule has 0 spiro atoms. The van der Waals surface area contributed by atoms with E-state index in [1.54, 1.807) is 24.3 Å². The summed E-state index contributed by atoms with van der Waals surface area (Å²) in [6, 6.07) is 6.75. The molecule has 1 heterocycles. The van der Waals surface area contributed by atoms with Crippen LogP contribution in [-0.2, 0) is 21.2 Å². The van der Waals surface area contributed by atoms with E-state index in [2.05, 4.69) is 0 Å². The Balaban J connectivity index is 2.20. The van der Waals surface area contributed by atoms with Gasteiger partial charge >= 0.3 is 5.97 Å². The first-order valence-electron chi connectivity index (χ1n) is 6.27. The van der Waals surface area contributed by atoms with Crippen LogP contribution in [0.1, 0.15) is 18.9 Å². The van der Waals surface area contributed by atoms with Crippen LogP contribution in [0, 0.1) is 5.92 Å². The Morgan fingerprint density at radius 1 is 1.37 bits per heavy atom. The van der Waals surface area contributed by atoms with Gasteiger partial charge in [-0.3, -0.25) is 4.79 Å². The molecule has 5 nitrogen and oxygen atoms in total. The van der Waals surface area contributed by atoms with Crippen molar-refractivity contribution in [2.75, 3.05) is 13.1 Å². The second-order valence-corrected chi connectivity index (χ2v) is 6.62. The molecule has 1 fully saturated rings. The minimum atomic E-state index is -3.56. The molecular formula is C13H17NO4S. The summed E-state index contributed by atoms with van der Waals surface area (Å²) in [4.78, 5) is 11.1. The van der Waals surface area contributed by atoms with E-state index in [4.69, 9.17) is 5.11 Å². The highest BCUT2D eigenvalue weighted by atomic mass is 32.2. The number of rotatable bonds is 4. The van der Waals surface area contributed by atoms with E-state index in [1.165, 1.54) is 4.31 Å². The summed E-state index contributed by atoms with van der Waals surface area (Å²) in [5.41, 5.74) is 1.07. The predicted molar refractivity (Wildman–Crippen MR) is 70.3 cm³/mol. The van der Waals surface area contributed by atoms with Crippen LogP contribution < -0.4 is 0 Å². The molecule has 1 aliphatic heterocycles. The summed E-state index contributed by atoms with van der Waals surface area (Å²) in [5, 5.41) is 8.91. The third-order valence-electron chi connectivity index (χ3n) is 3.47. The predicted octanol–water partition coefficient (Wildman–Crippen LogP) is 1.34. The number of hydrogen-bond acceptors (Lipinski definition) is 3. The zero-order valence-corrected chi connectivity index (χ0v) is 11.6. The Labute approximate surface area is 112 Å². The van der Waals surface area contributed by atoms with Gasteiger partial charge in [0.1, 0.15) is 0 Å². The molecule has 2 rings (SSSR count). The van der Waals surface area contributed by atoms with Crippen molar-refractivity contribution < 1.29 is 18.3 Å². The van der Waals surface area contributed by atoms with Gasteiger partial charge in [0.2, 0.25) is 10.0 Å². The van der Waals surface area contributed by atoms with Crippen LogP contribution in [0.15, 0.2) is 29.2 Å². The van der Waals surface area contributed by atoms with Gasteiger partial charge in [-0.25, -0.2) is 8.42 Å². The highest BCUT2D eigenvalue weighted by molar-refractivity contribution is 7.89. The molecule has 0 radical (unpaired) electrons. The molecule has 1 aromatic rings. The number of aliphatic carboxylic acids is 1. The second kappa shape index (κ2) is 5.30. The number of sulfonamides is 1. The van der Waals surface area contributed by atoms with Gasteiger partial charge in [0, 0.05) is 13.1 Å². The van der Waals surface area contributed by atoms with Crippen molar-refractivity contribution in [3.05, 3.63) is 29.8 Å². The number of benzene rings is 1. The van der Waals surface area contributed by atoms with Crippen molar-refractivity contribution in [2.45, 2.75) is 24.7 Å². The zero-order chi connectivity index (χ0) is 14.0. The number of carboxylic acids is 1. The number of nitrogens with zero attached hydrogens (tertiary/aromatic N) is 1. The number of aryl methyl sites for hydroxylation is 1. The Morgan fingerprint density at radius 3 is 2.47 bits per heavy atom. The van der Waals surface area contributed by atoms with Crippen molar-refractivity contribution in [3.63, 3.8) is 0 Å². The maximum atomic E-state index is 12.3. The fraction of sp³-hybridized carbons (Fsp3) is 0.462. The van der Waals surface area contributed by atoms with E-state index < -0.39 is 21.9 Å². The van der Waals surface area contributed by atoms with Crippen LogP contribution in [0.4, 0.5) is 0 Å². The molecule has 0 saturated carbocycles. The average Bonchev–Trinajstić information content (AvgIpc) is 2.89. The van der Waals surface area contributed by atoms with Gasteiger partial charge in [-0.2, -0.15) is 4.31 Å². The molecule has 1 N–H and O–H groups in total. The Bertz CT molecular complexity index is 565. The Kier molecular flexibility index (Phi) is 3.91. The van der Waals surface area contributed by atoms with Crippen molar-refractivity contribution in [1.82, 2.24) is 4.31 Å². The Morgan fingerprint density at radius 2 is 2.00 bits per heavy atom. The number of carbonyl (C=O) groups is 1. The monoisotopic (exact) mass is 283 g/mol. The number of carboxylic acid groups (broad SMARTS) is 1. The van der Waals surface area contributed by atoms with Gasteiger partial charge in [-0.15, -0.1) is 0 Å². The van der Waals surface area contributed by atoms with Crippen LogP contribution >= 0.6 is 0 Å². The van der Waals surface area contributed by atoms with Gasteiger partial charge in [0.25, 0.3) is 0 Å². The molecule has 1 saturated heterocycles. The second-order valence-electron chi connectivity index (χ2n) is 4.68. The molecule has 1 atom stereocenters. The highest BCUT2D eigenvalue weighted by Gasteiger charge is 2.35. The van der Waals surface area contributed by atoms with E-state index in [9.17, 15) is 13.2 Å². The number of hydrogen-bond donors (Lipinski definition) is 1. The quantitative estimate of drug-likeness (QED) is 0.905. The maximum absolute atomic E-state index is 12.3. The highest BCUT2D eigenvalue weighted by Crippen LogP contribution is 2.24. The first kappa shape index (κ1) is 14.0. The van der Waals surface area contributed by atoms with Crippen LogP contribution in [0.2, 0.25) is 0 Å².